The van der Waals surface area contributed by atoms with E-state index in [1.54, 1.807) is 25.1 Å². The van der Waals surface area contributed by atoms with Gasteiger partial charge in [0, 0.05) is 18.5 Å². The van der Waals surface area contributed by atoms with E-state index < -0.39 is 29.7 Å². The average Bonchev–Trinajstić information content (AvgIpc) is 3.11. The van der Waals surface area contributed by atoms with E-state index in [2.05, 4.69) is 21.9 Å². The number of nitrogens with zero attached hydrogens (tertiary/aromatic N) is 2. The Morgan fingerprint density at radius 2 is 2.10 bits per heavy atom. The van der Waals surface area contributed by atoms with Gasteiger partial charge in [-0.25, -0.2) is 9.97 Å². The van der Waals surface area contributed by atoms with Gasteiger partial charge in [-0.3, -0.25) is 4.79 Å². The highest BCUT2D eigenvalue weighted by Crippen LogP contribution is 2.36. The Labute approximate surface area is 179 Å². The van der Waals surface area contributed by atoms with Crippen LogP contribution in [0.5, 0.6) is 11.6 Å². The molecule has 3 unspecified atom stereocenters. The SMILES string of the molecule is C=CC(F)(F)c1nc2ccc(OC)cc2nc1OC1CNC(C(=O)OCC(C)C)C1C. The second-order valence-corrected chi connectivity index (χ2v) is 7.98. The molecule has 0 saturated carbocycles. The Morgan fingerprint density at radius 3 is 2.74 bits per heavy atom. The molecule has 1 aromatic heterocycles. The van der Waals surface area contributed by atoms with E-state index in [0.717, 1.165) is 0 Å². The quantitative estimate of drug-likeness (QED) is 0.502. The molecule has 0 radical (unpaired) electrons. The highest BCUT2D eigenvalue weighted by atomic mass is 19.3. The number of methoxy groups -OCH3 is 1. The maximum atomic E-state index is 14.6. The fourth-order valence-electron chi connectivity index (χ4n) is 3.30. The highest BCUT2D eigenvalue weighted by Gasteiger charge is 2.42. The second kappa shape index (κ2) is 9.13. The molecule has 1 aliphatic heterocycles. The second-order valence-electron chi connectivity index (χ2n) is 7.98. The summed E-state index contributed by atoms with van der Waals surface area (Å²) >= 11 is 0. The lowest BCUT2D eigenvalue weighted by Gasteiger charge is -2.22. The Kier molecular flexibility index (Phi) is 6.74. The first-order valence-electron chi connectivity index (χ1n) is 10.1. The number of carbonyl (C=O) groups is 1. The van der Waals surface area contributed by atoms with Crippen LogP contribution in [0.25, 0.3) is 11.0 Å². The zero-order valence-corrected chi connectivity index (χ0v) is 18.0. The van der Waals surface area contributed by atoms with Crippen molar-refractivity contribution in [2.24, 2.45) is 11.8 Å². The molecule has 3 rings (SSSR count). The molecule has 1 aromatic carbocycles. The number of hydrogen-bond donors (Lipinski definition) is 1. The number of hydrogen-bond acceptors (Lipinski definition) is 7. The number of allylic oxidation sites excluding steroid dienone is 1. The van der Waals surface area contributed by atoms with E-state index in [-0.39, 0.29) is 29.8 Å². The molecule has 0 bridgehead atoms. The van der Waals surface area contributed by atoms with Gasteiger partial charge in [0.15, 0.2) is 5.69 Å². The molecular weight excluding hydrogens is 408 g/mol. The molecule has 168 valence electrons. The van der Waals surface area contributed by atoms with E-state index in [9.17, 15) is 13.6 Å². The van der Waals surface area contributed by atoms with Gasteiger partial charge in [0.05, 0.1) is 24.8 Å². The zero-order chi connectivity index (χ0) is 22.8. The van der Waals surface area contributed by atoms with Crippen LogP contribution in [0.2, 0.25) is 0 Å². The summed E-state index contributed by atoms with van der Waals surface area (Å²) in [5, 5.41) is 3.05. The third-order valence-corrected chi connectivity index (χ3v) is 5.14. The summed E-state index contributed by atoms with van der Waals surface area (Å²) in [6.07, 6.45) is -0.0740. The Morgan fingerprint density at radius 1 is 1.35 bits per heavy atom. The first-order chi connectivity index (χ1) is 14.7. The van der Waals surface area contributed by atoms with E-state index in [1.807, 2.05) is 13.8 Å². The molecule has 1 saturated heterocycles. The lowest BCUT2D eigenvalue weighted by molar-refractivity contribution is -0.148. The predicted molar refractivity (Wildman–Crippen MR) is 111 cm³/mol. The Bertz CT molecular complexity index is 967. The van der Waals surface area contributed by atoms with Crippen LogP contribution in [0.1, 0.15) is 26.5 Å². The van der Waals surface area contributed by atoms with Gasteiger partial charge < -0.3 is 19.5 Å². The van der Waals surface area contributed by atoms with E-state index in [4.69, 9.17) is 14.2 Å². The monoisotopic (exact) mass is 435 g/mol. The summed E-state index contributed by atoms with van der Waals surface area (Å²) in [4.78, 5) is 20.7. The number of aromatic nitrogens is 2. The van der Waals surface area contributed by atoms with Gasteiger partial charge in [0.1, 0.15) is 17.9 Å². The number of carbonyl (C=O) groups excluding carboxylic acids is 1. The van der Waals surface area contributed by atoms with Crippen molar-refractivity contribution in [1.29, 1.82) is 0 Å². The maximum Gasteiger partial charge on any atom is 0.323 e. The van der Waals surface area contributed by atoms with E-state index >= 15 is 0 Å². The van der Waals surface area contributed by atoms with Crippen LogP contribution < -0.4 is 14.8 Å². The molecule has 0 spiro atoms. The summed E-state index contributed by atoms with van der Waals surface area (Å²) < 4.78 is 45.5. The fraction of sp³-hybridized carbons (Fsp3) is 0.500. The summed E-state index contributed by atoms with van der Waals surface area (Å²) in [6.45, 7) is 9.48. The minimum Gasteiger partial charge on any atom is -0.497 e. The Balaban J connectivity index is 1.89. The molecule has 3 atom stereocenters. The molecule has 2 aromatic rings. The molecule has 1 aliphatic rings. The van der Waals surface area contributed by atoms with Crippen molar-refractivity contribution < 1.29 is 27.8 Å². The van der Waals surface area contributed by atoms with Gasteiger partial charge in [-0.2, -0.15) is 8.78 Å². The van der Waals surface area contributed by atoms with Crippen LogP contribution in [0.4, 0.5) is 8.78 Å². The van der Waals surface area contributed by atoms with Crippen LogP contribution in [-0.4, -0.2) is 48.3 Å². The molecule has 2 heterocycles. The summed E-state index contributed by atoms with van der Waals surface area (Å²) in [6, 6.07) is 4.16. The lowest BCUT2D eigenvalue weighted by atomic mass is 10.0. The first kappa shape index (κ1) is 22.9. The highest BCUT2D eigenvalue weighted by molar-refractivity contribution is 5.77. The molecule has 1 N–H and O–H groups in total. The van der Waals surface area contributed by atoms with Crippen LogP contribution in [-0.2, 0) is 15.5 Å². The van der Waals surface area contributed by atoms with Gasteiger partial charge in [-0.05, 0) is 24.1 Å². The smallest absolute Gasteiger partial charge is 0.323 e. The van der Waals surface area contributed by atoms with Crippen molar-refractivity contribution in [3.8, 4) is 11.6 Å². The summed E-state index contributed by atoms with van der Waals surface area (Å²) in [5.74, 6) is -3.74. The topological polar surface area (TPSA) is 82.6 Å². The normalized spacial score (nSPS) is 21.3. The van der Waals surface area contributed by atoms with Gasteiger partial charge >= 0.3 is 11.9 Å². The largest absolute Gasteiger partial charge is 0.497 e. The summed E-state index contributed by atoms with van der Waals surface area (Å²) in [5.41, 5.74) is 0.0000702. The van der Waals surface area contributed by atoms with Crippen LogP contribution in [0.15, 0.2) is 30.9 Å². The van der Waals surface area contributed by atoms with Gasteiger partial charge in [-0.1, -0.05) is 27.4 Å². The first-order valence-corrected chi connectivity index (χ1v) is 10.1. The van der Waals surface area contributed by atoms with Crippen LogP contribution in [0, 0.1) is 11.8 Å². The van der Waals surface area contributed by atoms with Crippen molar-refractivity contribution in [1.82, 2.24) is 15.3 Å². The zero-order valence-electron chi connectivity index (χ0n) is 18.0. The molecule has 7 nitrogen and oxygen atoms in total. The number of halogens is 2. The van der Waals surface area contributed by atoms with Gasteiger partial charge in [0.2, 0.25) is 5.88 Å². The third kappa shape index (κ3) is 4.92. The van der Waals surface area contributed by atoms with E-state index in [1.165, 1.54) is 7.11 Å². The van der Waals surface area contributed by atoms with Crippen LogP contribution >= 0.6 is 0 Å². The summed E-state index contributed by atoms with van der Waals surface area (Å²) in [7, 11) is 1.50. The molecule has 0 amide bonds. The number of esters is 1. The lowest BCUT2D eigenvalue weighted by Crippen LogP contribution is -2.37. The number of fused-ring (bicyclic) bond motifs is 1. The standard InChI is InChI=1S/C22H27F2N3O4/c1-6-22(23,24)19-20(27-16-9-14(29-5)7-8-15(16)26-19)31-17-10-25-18(13(17)4)21(28)30-11-12(2)3/h6-9,12-13,17-18,25H,1,10-11H2,2-5H3. The molecule has 0 aliphatic carbocycles. The number of rotatable bonds is 8. The molecule has 31 heavy (non-hydrogen) atoms. The van der Waals surface area contributed by atoms with Crippen molar-refractivity contribution in [2.45, 2.75) is 38.8 Å². The average molecular weight is 435 g/mol. The van der Waals surface area contributed by atoms with Crippen molar-refractivity contribution >= 4 is 17.0 Å². The van der Waals surface area contributed by atoms with Crippen molar-refractivity contribution in [2.75, 3.05) is 20.3 Å². The number of ether oxygens (including phenoxy) is 3. The van der Waals surface area contributed by atoms with Crippen molar-refractivity contribution in [3.63, 3.8) is 0 Å². The molecular formula is C22H27F2N3O4. The third-order valence-electron chi connectivity index (χ3n) is 5.14. The van der Waals surface area contributed by atoms with E-state index in [0.29, 0.717) is 23.9 Å². The Hall–Kier alpha value is -2.81. The van der Waals surface area contributed by atoms with Gasteiger partial charge in [0.25, 0.3) is 0 Å². The maximum absolute atomic E-state index is 14.6. The predicted octanol–water partition coefficient (Wildman–Crippen LogP) is 3.47. The molecule has 9 heteroatoms. The van der Waals surface area contributed by atoms with Crippen LogP contribution in [0.3, 0.4) is 0 Å². The van der Waals surface area contributed by atoms with Crippen molar-refractivity contribution in [3.05, 3.63) is 36.5 Å². The molecule has 1 fully saturated rings. The number of nitrogens with one attached hydrogen (secondary N) is 1. The van der Waals surface area contributed by atoms with Gasteiger partial charge in [-0.15, -0.1) is 0 Å². The minimum absolute atomic E-state index is 0.210. The number of alkyl halides is 2. The number of benzene rings is 1. The fourth-order valence-corrected chi connectivity index (χ4v) is 3.30. The minimum atomic E-state index is -3.44.